The van der Waals surface area contributed by atoms with Crippen molar-refractivity contribution in [2.45, 2.75) is 63.5 Å². The average Bonchev–Trinajstić information content (AvgIpc) is 3.41. The number of hydrogen-bond acceptors (Lipinski definition) is 7. The number of nitrogens with zero attached hydrogens (tertiary/aromatic N) is 4. The van der Waals surface area contributed by atoms with Gasteiger partial charge in [-0.1, -0.05) is 23.3 Å². The van der Waals surface area contributed by atoms with Crippen molar-refractivity contribution in [2.24, 2.45) is 5.41 Å². The van der Waals surface area contributed by atoms with Crippen LogP contribution >= 0.6 is 0 Å². The lowest BCUT2D eigenvalue weighted by Crippen LogP contribution is -2.56. The van der Waals surface area contributed by atoms with E-state index in [2.05, 4.69) is 32.1 Å². The fourth-order valence-corrected chi connectivity index (χ4v) is 5.76. The Hall–Kier alpha value is -2.12. The van der Waals surface area contributed by atoms with Crippen molar-refractivity contribution in [1.82, 2.24) is 15.1 Å². The summed E-state index contributed by atoms with van der Waals surface area (Å²) in [6.07, 6.45) is 7.63. The van der Waals surface area contributed by atoms with Gasteiger partial charge >= 0.3 is 6.01 Å². The van der Waals surface area contributed by atoms with Crippen molar-refractivity contribution in [3.8, 4) is 5.75 Å². The molecule has 1 atom stereocenters. The van der Waals surface area contributed by atoms with Crippen molar-refractivity contribution in [2.75, 3.05) is 37.7 Å². The highest BCUT2D eigenvalue weighted by molar-refractivity contribution is 5.37. The Bertz CT molecular complexity index is 865. The number of aromatic nitrogens is 2. The molecule has 1 N–H and O–H groups in total. The lowest BCUT2D eigenvalue weighted by molar-refractivity contribution is 0.0278. The molecule has 1 saturated carbocycles. The number of likely N-dealkylation sites (tertiary alicyclic amines) is 1. The Morgan fingerprint density at radius 2 is 1.97 bits per heavy atom. The van der Waals surface area contributed by atoms with E-state index in [-0.39, 0.29) is 0 Å². The molecule has 2 saturated heterocycles. The fraction of sp³-hybridized carbons (Fsp3) is 0.667. The molecule has 7 nitrogen and oxygen atoms in total. The van der Waals surface area contributed by atoms with Crippen LogP contribution in [0.15, 0.2) is 35.1 Å². The van der Waals surface area contributed by atoms with Gasteiger partial charge in [0, 0.05) is 24.5 Å². The number of ether oxygens (including phenoxy) is 1. The van der Waals surface area contributed by atoms with E-state index in [0.717, 1.165) is 31.9 Å². The van der Waals surface area contributed by atoms with Crippen LogP contribution in [0.3, 0.4) is 0 Å². The molecule has 3 fully saturated rings. The summed E-state index contributed by atoms with van der Waals surface area (Å²) < 4.78 is 11.3. The number of anilines is 1. The Kier molecular flexibility index (Phi) is 5.42. The van der Waals surface area contributed by atoms with E-state index < -0.39 is 5.60 Å². The minimum Gasteiger partial charge on any atom is -0.490 e. The van der Waals surface area contributed by atoms with E-state index in [0.29, 0.717) is 30.0 Å². The standard InChI is InChI=1S/C24H34N4O3/c1-23(2,29)16-30-21-6-4-3-5-20(21)18-8-11-27(12-9-18)19-7-10-24(13-19)14-28(15-24)22-26-25-17-31-22/h3-6,17-19,29H,7-16H2,1-2H3. The van der Waals surface area contributed by atoms with Crippen LogP contribution in [-0.2, 0) is 0 Å². The first-order valence-electron chi connectivity index (χ1n) is 11.6. The molecule has 31 heavy (non-hydrogen) atoms. The molecule has 3 heterocycles. The van der Waals surface area contributed by atoms with Crippen LogP contribution in [-0.4, -0.2) is 64.6 Å². The number of benzene rings is 1. The third kappa shape index (κ3) is 4.44. The lowest BCUT2D eigenvalue weighted by atomic mass is 9.78. The lowest BCUT2D eigenvalue weighted by Gasteiger charge is -2.48. The van der Waals surface area contributed by atoms with Gasteiger partial charge in [-0.15, -0.1) is 5.10 Å². The summed E-state index contributed by atoms with van der Waals surface area (Å²) in [6, 6.07) is 9.73. The van der Waals surface area contributed by atoms with Crippen molar-refractivity contribution >= 4 is 6.01 Å². The van der Waals surface area contributed by atoms with Gasteiger partial charge in [0.25, 0.3) is 0 Å². The van der Waals surface area contributed by atoms with Crippen LogP contribution < -0.4 is 9.64 Å². The molecule has 0 bridgehead atoms. The third-order valence-electron chi connectivity index (χ3n) is 7.33. The number of rotatable bonds is 6. The molecule has 5 rings (SSSR count). The second-order valence-corrected chi connectivity index (χ2v) is 10.4. The quantitative estimate of drug-likeness (QED) is 0.758. The van der Waals surface area contributed by atoms with Gasteiger partial charge in [-0.25, -0.2) is 0 Å². The molecule has 2 aliphatic heterocycles. The van der Waals surface area contributed by atoms with Crippen LogP contribution in [0.4, 0.5) is 6.01 Å². The summed E-state index contributed by atoms with van der Waals surface area (Å²) in [7, 11) is 0. The second-order valence-electron chi connectivity index (χ2n) is 10.4. The molecule has 168 valence electrons. The fourth-order valence-electron chi connectivity index (χ4n) is 5.76. The van der Waals surface area contributed by atoms with Crippen LogP contribution in [0.5, 0.6) is 5.75 Å². The smallest absolute Gasteiger partial charge is 0.317 e. The first-order valence-corrected chi connectivity index (χ1v) is 11.6. The van der Waals surface area contributed by atoms with Gasteiger partial charge in [0.15, 0.2) is 0 Å². The number of aliphatic hydroxyl groups is 1. The Morgan fingerprint density at radius 1 is 1.19 bits per heavy atom. The van der Waals surface area contributed by atoms with E-state index >= 15 is 0 Å². The average molecular weight is 427 g/mol. The normalized spacial score (nSPS) is 24.5. The Morgan fingerprint density at radius 3 is 2.68 bits per heavy atom. The summed E-state index contributed by atoms with van der Waals surface area (Å²) in [5, 5.41) is 17.9. The van der Waals surface area contributed by atoms with Crippen LogP contribution in [0.25, 0.3) is 0 Å². The third-order valence-corrected chi connectivity index (χ3v) is 7.33. The summed E-state index contributed by atoms with van der Waals surface area (Å²) >= 11 is 0. The molecular weight excluding hydrogens is 392 g/mol. The second kappa shape index (κ2) is 8.10. The van der Waals surface area contributed by atoms with Gasteiger partial charge in [0.05, 0.1) is 5.60 Å². The summed E-state index contributed by atoms with van der Waals surface area (Å²) in [4.78, 5) is 4.94. The molecule has 7 heteroatoms. The van der Waals surface area contributed by atoms with Crippen molar-refractivity contribution < 1.29 is 14.3 Å². The minimum atomic E-state index is -0.824. The van der Waals surface area contributed by atoms with Crippen LogP contribution in [0.2, 0.25) is 0 Å². The van der Waals surface area contributed by atoms with Crippen LogP contribution in [0, 0.1) is 5.41 Å². The van der Waals surface area contributed by atoms with E-state index in [1.54, 1.807) is 13.8 Å². The predicted octanol–water partition coefficient (Wildman–Crippen LogP) is 3.46. The SMILES string of the molecule is CC(C)(O)COc1ccccc1C1CCN(C2CCC3(C2)CN(c2nnco2)C3)CC1. The molecule has 1 aromatic carbocycles. The maximum atomic E-state index is 10.0. The zero-order valence-electron chi connectivity index (χ0n) is 18.7. The van der Waals surface area contributed by atoms with Gasteiger partial charge in [0.1, 0.15) is 12.4 Å². The van der Waals surface area contributed by atoms with Gasteiger partial charge in [-0.05, 0) is 76.6 Å². The van der Waals surface area contributed by atoms with E-state index in [1.807, 2.05) is 12.1 Å². The maximum Gasteiger partial charge on any atom is 0.317 e. The van der Waals surface area contributed by atoms with Crippen molar-refractivity contribution in [3.05, 3.63) is 36.2 Å². The van der Waals surface area contributed by atoms with E-state index in [1.165, 1.54) is 44.1 Å². The van der Waals surface area contributed by atoms with Gasteiger partial charge in [-0.3, -0.25) is 0 Å². The predicted molar refractivity (Wildman–Crippen MR) is 118 cm³/mol. The number of piperidine rings is 1. The first-order chi connectivity index (χ1) is 14.9. The van der Waals surface area contributed by atoms with Gasteiger partial charge in [0.2, 0.25) is 6.39 Å². The molecule has 1 aromatic heterocycles. The summed E-state index contributed by atoms with van der Waals surface area (Å²) in [5.41, 5.74) is 0.909. The van der Waals surface area contributed by atoms with Crippen molar-refractivity contribution in [1.29, 1.82) is 0 Å². The van der Waals surface area contributed by atoms with Crippen molar-refractivity contribution in [3.63, 3.8) is 0 Å². The first kappa shape index (κ1) is 20.8. The highest BCUT2D eigenvalue weighted by Crippen LogP contribution is 2.48. The molecule has 0 amide bonds. The van der Waals surface area contributed by atoms with E-state index in [9.17, 15) is 5.11 Å². The molecular formula is C24H34N4O3. The largest absolute Gasteiger partial charge is 0.490 e. The van der Waals surface area contributed by atoms with Gasteiger partial charge in [-0.2, -0.15) is 0 Å². The molecule has 1 unspecified atom stereocenters. The topological polar surface area (TPSA) is 74.9 Å². The maximum absolute atomic E-state index is 10.0. The Labute approximate surface area is 184 Å². The zero-order chi connectivity index (χ0) is 21.5. The number of hydrogen-bond donors (Lipinski definition) is 1. The Balaban J connectivity index is 1.14. The molecule has 1 spiro atoms. The highest BCUT2D eigenvalue weighted by atomic mass is 16.5. The minimum absolute atomic E-state index is 0.313. The summed E-state index contributed by atoms with van der Waals surface area (Å²) in [5.74, 6) is 1.46. The molecule has 3 aliphatic rings. The number of para-hydroxylation sites is 1. The van der Waals surface area contributed by atoms with Crippen LogP contribution in [0.1, 0.15) is 57.4 Å². The highest BCUT2D eigenvalue weighted by Gasteiger charge is 2.50. The molecule has 2 aromatic rings. The summed E-state index contributed by atoms with van der Waals surface area (Å²) in [6.45, 7) is 8.28. The van der Waals surface area contributed by atoms with E-state index in [4.69, 9.17) is 9.15 Å². The van der Waals surface area contributed by atoms with Gasteiger partial charge < -0.3 is 24.1 Å². The molecule has 1 aliphatic carbocycles. The monoisotopic (exact) mass is 426 g/mol. The molecule has 0 radical (unpaired) electrons. The zero-order valence-corrected chi connectivity index (χ0v) is 18.7.